The van der Waals surface area contributed by atoms with Crippen molar-refractivity contribution in [3.8, 4) is 0 Å². The van der Waals surface area contributed by atoms with Crippen molar-refractivity contribution in [2.45, 2.75) is 11.5 Å². The highest BCUT2D eigenvalue weighted by atomic mass is 35.5. The summed E-state index contributed by atoms with van der Waals surface area (Å²) in [7, 11) is 1.57. The van der Waals surface area contributed by atoms with Gasteiger partial charge in [0, 0.05) is 30.1 Å². The smallest absolute Gasteiger partial charge is 0.339 e. The fourth-order valence-corrected chi connectivity index (χ4v) is 3.21. The van der Waals surface area contributed by atoms with Crippen LogP contribution in [0.2, 0.25) is 4.34 Å². The lowest BCUT2D eigenvalue weighted by molar-refractivity contribution is -0.118. The van der Waals surface area contributed by atoms with Gasteiger partial charge in [-0.15, -0.1) is 16.9 Å². The molecule has 134 valence electrons. The minimum atomic E-state index is -0.507. The number of carbonyl (C=O) groups excluding carboxylic acids is 2. The highest BCUT2D eigenvalue weighted by Crippen LogP contribution is 2.24. The van der Waals surface area contributed by atoms with Crippen molar-refractivity contribution in [1.29, 1.82) is 0 Å². The summed E-state index contributed by atoms with van der Waals surface area (Å²) in [4.78, 5) is 24.7. The molecular weight excluding hydrogens is 386 g/mol. The van der Waals surface area contributed by atoms with Crippen LogP contribution in [-0.2, 0) is 20.9 Å². The van der Waals surface area contributed by atoms with Crippen LogP contribution in [0, 0.1) is 0 Å². The number of rotatable bonds is 9. The van der Waals surface area contributed by atoms with E-state index in [-0.39, 0.29) is 18.3 Å². The molecule has 0 aliphatic heterocycles. The van der Waals surface area contributed by atoms with E-state index in [0.717, 1.165) is 11.5 Å². The summed E-state index contributed by atoms with van der Waals surface area (Å²) >= 11 is 8.17. The van der Waals surface area contributed by atoms with Gasteiger partial charge in [0.2, 0.25) is 5.91 Å². The molecule has 25 heavy (non-hydrogen) atoms. The van der Waals surface area contributed by atoms with Gasteiger partial charge in [-0.1, -0.05) is 28.2 Å². The number of ether oxygens (including phenoxy) is 2. The van der Waals surface area contributed by atoms with Gasteiger partial charge in [-0.05, 0) is 12.1 Å². The van der Waals surface area contributed by atoms with Crippen LogP contribution in [0.15, 0.2) is 29.2 Å². The number of thioether (sulfide) groups is 1. The number of benzene rings is 1. The molecule has 0 aliphatic carbocycles. The van der Waals surface area contributed by atoms with E-state index in [1.165, 1.54) is 11.8 Å². The SMILES string of the molecule is COCCNC(=O)CSc1ccccc1C(=O)OCc1nnsc1Cl. The summed E-state index contributed by atoms with van der Waals surface area (Å²) in [5.74, 6) is -0.451. The summed E-state index contributed by atoms with van der Waals surface area (Å²) < 4.78 is 14.2. The molecule has 10 heteroatoms. The Hall–Kier alpha value is -1.68. The second kappa shape index (κ2) is 10.3. The van der Waals surface area contributed by atoms with Gasteiger partial charge in [0.15, 0.2) is 0 Å². The van der Waals surface area contributed by atoms with Crippen molar-refractivity contribution in [2.24, 2.45) is 0 Å². The zero-order valence-electron chi connectivity index (χ0n) is 13.4. The van der Waals surface area contributed by atoms with Crippen molar-refractivity contribution in [3.63, 3.8) is 0 Å². The second-order valence-electron chi connectivity index (χ2n) is 4.70. The molecule has 0 fully saturated rings. The van der Waals surface area contributed by atoms with Crippen molar-refractivity contribution < 1.29 is 19.1 Å². The molecule has 1 amide bonds. The topological polar surface area (TPSA) is 90.4 Å². The molecule has 1 N–H and O–H groups in total. The lowest BCUT2D eigenvalue weighted by Crippen LogP contribution is -2.28. The number of hydrogen-bond acceptors (Lipinski definition) is 8. The first-order valence-corrected chi connectivity index (χ1v) is 9.37. The van der Waals surface area contributed by atoms with E-state index in [4.69, 9.17) is 21.1 Å². The third-order valence-electron chi connectivity index (χ3n) is 2.94. The Morgan fingerprint density at radius 1 is 1.36 bits per heavy atom. The average molecular weight is 402 g/mol. The highest BCUT2D eigenvalue weighted by Gasteiger charge is 2.16. The lowest BCUT2D eigenvalue weighted by atomic mass is 10.2. The van der Waals surface area contributed by atoms with Gasteiger partial charge in [0.25, 0.3) is 0 Å². The number of hydrogen-bond donors (Lipinski definition) is 1. The van der Waals surface area contributed by atoms with Crippen LogP contribution in [0.4, 0.5) is 0 Å². The Balaban J connectivity index is 1.91. The Morgan fingerprint density at radius 3 is 2.88 bits per heavy atom. The summed E-state index contributed by atoms with van der Waals surface area (Å²) in [5.41, 5.74) is 0.805. The Morgan fingerprint density at radius 2 is 2.16 bits per heavy atom. The van der Waals surface area contributed by atoms with Crippen LogP contribution in [0.25, 0.3) is 0 Å². The molecular formula is C15H16ClN3O4S2. The zero-order valence-corrected chi connectivity index (χ0v) is 15.7. The summed E-state index contributed by atoms with van der Waals surface area (Å²) in [6.07, 6.45) is 0. The maximum Gasteiger partial charge on any atom is 0.339 e. The molecule has 0 saturated carbocycles. The minimum absolute atomic E-state index is 0.0509. The molecule has 0 unspecified atom stereocenters. The molecule has 1 heterocycles. The van der Waals surface area contributed by atoms with E-state index in [0.29, 0.717) is 33.6 Å². The van der Waals surface area contributed by atoms with Gasteiger partial charge in [0.1, 0.15) is 16.6 Å². The monoisotopic (exact) mass is 401 g/mol. The Labute approximate surface area is 158 Å². The van der Waals surface area contributed by atoms with E-state index in [2.05, 4.69) is 14.9 Å². The van der Waals surface area contributed by atoms with Gasteiger partial charge in [-0.2, -0.15) is 0 Å². The largest absolute Gasteiger partial charge is 0.455 e. The molecule has 2 rings (SSSR count). The molecule has 0 spiro atoms. The number of carbonyl (C=O) groups is 2. The average Bonchev–Trinajstić information content (AvgIpc) is 3.03. The van der Waals surface area contributed by atoms with Crippen molar-refractivity contribution in [1.82, 2.24) is 14.9 Å². The first-order chi connectivity index (χ1) is 12.1. The fraction of sp³-hybridized carbons (Fsp3) is 0.333. The fourth-order valence-electron chi connectivity index (χ4n) is 1.74. The number of amides is 1. The maximum absolute atomic E-state index is 12.3. The first kappa shape index (κ1) is 19.6. The number of aromatic nitrogens is 2. The van der Waals surface area contributed by atoms with Crippen LogP contribution in [-0.4, -0.2) is 47.5 Å². The lowest BCUT2D eigenvalue weighted by Gasteiger charge is -2.09. The second-order valence-corrected chi connectivity index (χ2v) is 7.07. The molecule has 1 aromatic heterocycles. The Bertz CT molecular complexity index is 726. The van der Waals surface area contributed by atoms with Crippen LogP contribution < -0.4 is 5.32 Å². The van der Waals surface area contributed by atoms with E-state index < -0.39 is 5.97 Å². The molecule has 0 atom stereocenters. The first-order valence-electron chi connectivity index (χ1n) is 7.23. The van der Waals surface area contributed by atoms with Crippen LogP contribution >= 0.6 is 34.9 Å². The third kappa shape index (κ3) is 6.28. The number of esters is 1. The summed E-state index contributed by atoms with van der Waals surface area (Å²) in [5, 5.41) is 6.51. The van der Waals surface area contributed by atoms with Crippen molar-refractivity contribution in [3.05, 3.63) is 39.9 Å². The molecule has 0 saturated heterocycles. The van der Waals surface area contributed by atoms with Crippen LogP contribution in [0.3, 0.4) is 0 Å². The molecule has 0 aliphatic rings. The van der Waals surface area contributed by atoms with E-state index in [1.54, 1.807) is 31.4 Å². The van der Waals surface area contributed by atoms with Crippen LogP contribution in [0.5, 0.6) is 0 Å². The molecule has 1 aromatic carbocycles. The predicted molar refractivity (Wildman–Crippen MR) is 96.1 cm³/mol. The number of methoxy groups -OCH3 is 1. The van der Waals surface area contributed by atoms with Gasteiger partial charge in [-0.25, -0.2) is 4.79 Å². The van der Waals surface area contributed by atoms with Gasteiger partial charge in [0.05, 0.1) is 17.9 Å². The van der Waals surface area contributed by atoms with Gasteiger partial charge in [-0.3, -0.25) is 4.79 Å². The highest BCUT2D eigenvalue weighted by molar-refractivity contribution is 8.00. The van der Waals surface area contributed by atoms with E-state index in [1.807, 2.05) is 0 Å². The maximum atomic E-state index is 12.3. The predicted octanol–water partition coefficient (Wildman–Crippen LogP) is 2.40. The van der Waals surface area contributed by atoms with Crippen molar-refractivity contribution >= 4 is 46.8 Å². The van der Waals surface area contributed by atoms with Crippen molar-refractivity contribution in [2.75, 3.05) is 26.0 Å². The normalized spacial score (nSPS) is 10.5. The van der Waals surface area contributed by atoms with Crippen LogP contribution in [0.1, 0.15) is 16.1 Å². The molecule has 0 radical (unpaired) electrons. The number of nitrogens with zero attached hydrogens (tertiary/aromatic N) is 2. The van der Waals surface area contributed by atoms with Gasteiger partial charge < -0.3 is 14.8 Å². The molecule has 7 nitrogen and oxygen atoms in total. The standard InChI is InChI=1S/C15H16ClN3O4S2/c1-22-7-6-17-13(20)9-24-12-5-3-2-4-10(12)15(21)23-8-11-14(16)25-19-18-11/h2-5H,6-9H2,1H3,(H,17,20). The Kier molecular flexibility index (Phi) is 8.13. The number of halogens is 1. The third-order valence-corrected chi connectivity index (χ3v) is 5.00. The quantitative estimate of drug-likeness (QED) is 0.392. The minimum Gasteiger partial charge on any atom is -0.455 e. The molecule has 0 bridgehead atoms. The van der Waals surface area contributed by atoms with E-state index >= 15 is 0 Å². The van der Waals surface area contributed by atoms with E-state index in [9.17, 15) is 9.59 Å². The zero-order chi connectivity index (χ0) is 18.1. The number of nitrogens with one attached hydrogen (secondary N) is 1. The summed E-state index contributed by atoms with van der Waals surface area (Å²) in [6.45, 7) is 0.847. The van der Waals surface area contributed by atoms with Gasteiger partial charge >= 0.3 is 5.97 Å². The summed E-state index contributed by atoms with van der Waals surface area (Å²) in [6, 6.07) is 6.94. The molecule has 2 aromatic rings.